The number of aromatic nitrogens is 2. The zero-order valence-electron chi connectivity index (χ0n) is 18.2. The van der Waals surface area contributed by atoms with Crippen LogP contribution in [0.3, 0.4) is 0 Å². The molecule has 0 aliphatic rings. The highest BCUT2D eigenvalue weighted by Crippen LogP contribution is 2.32. The Kier molecular flexibility index (Phi) is 7.13. The lowest BCUT2D eigenvalue weighted by atomic mass is 10.1. The molecule has 3 aromatic rings. The second kappa shape index (κ2) is 9.67. The Hall–Kier alpha value is -3.31. The summed E-state index contributed by atoms with van der Waals surface area (Å²) in [5.41, 5.74) is 1.69. The van der Waals surface area contributed by atoms with Gasteiger partial charge in [0.25, 0.3) is 6.43 Å². The van der Waals surface area contributed by atoms with E-state index in [-0.39, 0.29) is 23.5 Å². The number of carbonyl (C=O) groups excluding carboxylic acids is 1. The van der Waals surface area contributed by atoms with Crippen molar-refractivity contribution >= 4 is 16.0 Å². The molecule has 0 spiro atoms. The van der Waals surface area contributed by atoms with Crippen LogP contribution in [0.1, 0.15) is 36.6 Å². The summed E-state index contributed by atoms with van der Waals surface area (Å²) in [5.74, 6) is 0.102. The van der Waals surface area contributed by atoms with Gasteiger partial charge >= 0.3 is 5.97 Å². The fraction of sp³-hybridized carbons (Fsp3) is 0.273. The number of hydrogen-bond acceptors (Lipinski definition) is 6. The predicted octanol–water partition coefficient (Wildman–Crippen LogP) is 3.89. The molecule has 0 atom stereocenters. The number of ether oxygens (including phenoxy) is 2. The molecule has 0 unspecified atom stereocenters. The normalized spacial score (nSPS) is 11.6. The van der Waals surface area contributed by atoms with E-state index in [1.807, 2.05) is 6.92 Å². The number of methoxy groups -OCH3 is 1. The van der Waals surface area contributed by atoms with Gasteiger partial charge in [0, 0.05) is 17.5 Å². The Balaban J connectivity index is 2.17. The highest BCUT2D eigenvalue weighted by molar-refractivity contribution is 7.89. The maximum atomic E-state index is 13.5. The van der Waals surface area contributed by atoms with Crippen LogP contribution < -0.4 is 9.88 Å². The van der Waals surface area contributed by atoms with Crippen LogP contribution in [0.15, 0.2) is 47.4 Å². The fourth-order valence-electron chi connectivity index (χ4n) is 3.29. The number of benzene rings is 2. The van der Waals surface area contributed by atoms with Gasteiger partial charge in [-0.2, -0.15) is 5.10 Å². The number of nitrogens with two attached hydrogens (primary N) is 1. The van der Waals surface area contributed by atoms with Crippen molar-refractivity contribution in [2.24, 2.45) is 5.14 Å². The fourth-order valence-corrected chi connectivity index (χ4v) is 4.04. The number of sulfonamides is 1. The molecule has 2 N–H and O–H groups in total. The molecule has 0 fully saturated rings. The summed E-state index contributed by atoms with van der Waals surface area (Å²) in [6.07, 6.45) is -2.72. The highest BCUT2D eigenvalue weighted by Gasteiger charge is 2.21. The lowest BCUT2D eigenvalue weighted by molar-refractivity contribution is -0.144. The van der Waals surface area contributed by atoms with Gasteiger partial charge in [-0.3, -0.25) is 4.79 Å². The summed E-state index contributed by atoms with van der Waals surface area (Å²) in [7, 11) is -2.60. The lowest BCUT2D eigenvalue weighted by Crippen LogP contribution is -2.16. The van der Waals surface area contributed by atoms with E-state index in [1.54, 1.807) is 25.1 Å². The third-order valence-electron chi connectivity index (χ3n) is 4.91. The van der Waals surface area contributed by atoms with Gasteiger partial charge in [0.15, 0.2) is 0 Å². The number of primary sulfonamides is 1. The second-order valence-corrected chi connectivity index (χ2v) is 8.73. The zero-order valence-corrected chi connectivity index (χ0v) is 19.0. The van der Waals surface area contributed by atoms with Crippen molar-refractivity contribution in [3.63, 3.8) is 0 Å². The van der Waals surface area contributed by atoms with E-state index in [9.17, 15) is 22.0 Å². The maximum Gasteiger partial charge on any atom is 0.305 e. The Morgan fingerprint density at radius 2 is 1.91 bits per heavy atom. The van der Waals surface area contributed by atoms with Crippen molar-refractivity contribution in [3.8, 4) is 22.7 Å². The van der Waals surface area contributed by atoms with E-state index in [4.69, 9.17) is 14.6 Å². The third kappa shape index (κ3) is 5.37. The smallest absolute Gasteiger partial charge is 0.305 e. The van der Waals surface area contributed by atoms with Crippen LogP contribution in [-0.2, 0) is 26.2 Å². The van der Waals surface area contributed by atoms with Gasteiger partial charge < -0.3 is 9.47 Å². The zero-order chi connectivity index (χ0) is 24.3. The average molecular weight is 480 g/mol. The van der Waals surface area contributed by atoms with Crippen molar-refractivity contribution in [1.82, 2.24) is 9.78 Å². The summed E-state index contributed by atoms with van der Waals surface area (Å²) in [6.45, 7) is 3.06. The Morgan fingerprint density at radius 3 is 2.48 bits per heavy atom. The predicted molar refractivity (Wildman–Crippen MR) is 117 cm³/mol. The van der Waals surface area contributed by atoms with Gasteiger partial charge in [-0.05, 0) is 55.0 Å². The van der Waals surface area contributed by atoms with Crippen molar-refractivity contribution in [2.45, 2.75) is 38.2 Å². The molecule has 0 amide bonds. The summed E-state index contributed by atoms with van der Waals surface area (Å²) < 4.78 is 62.6. The molecule has 0 saturated heterocycles. The van der Waals surface area contributed by atoms with Gasteiger partial charge in [-0.1, -0.05) is 6.92 Å². The molecular weight excluding hydrogens is 456 g/mol. The number of halogens is 2. The summed E-state index contributed by atoms with van der Waals surface area (Å²) in [6, 6.07) is 10.5. The maximum absolute atomic E-state index is 13.5. The molecule has 0 aliphatic heterocycles. The minimum absolute atomic E-state index is 0.0995. The summed E-state index contributed by atoms with van der Waals surface area (Å²) in [4.78, 5) is 11.4. The van der Waals surface area contributed by atoms with Crippen LogP contribution >= 0.6 is 0 Å². The van der Waals surface area contributed by atoms with Gasteiger partial charge in [-0.25, -0.2) is 27.0 Å². The monoisotopic (exact) mass is 479 g/mol. The molecule has 0 bridgehead atoms. The summed E-state index contributed by atoms with van der Waals surface area (Å²) >= 11 is 0. The van der Waals surface area contributed by atoms with E-state index in [2.05, 4.69) is 5.10 Å². The number of carbonyl (C=O) groups is 1. The first-order valence-corrected chi connectivity index (χ1v) is 11.4. The Morgan fingerprint density at radius 1 is 1.18 bits per heavy atom. The van der Waals surface area contributed by atoms with E-state index < -0.39 is 28.1 Å². The first-order valence-electron chi connectivity index (χ1n) is 9.90. The second-order valence-electron chi connectivity index (χ2n) is 7.20. The number of hydrogen-bond donors (Lipinski definition) is 1. The number of aryl methyl sites for hydroxylation is 1. The summed E-state index contributed by atoms with van der Waals surface area (Å²) in [5, 5.41) is 9.31. The van der Waals surface area contributed by atoms with Gasteiger partial charge in [-0.15, -0.1) is 0 Å². The minimum atomic E-state index is -4.13. The van der Waals surface area contributed by atoms with Crippen LogP contribution in [0, 0.1) is 6.92 Å². The molecule has 0 radical (unpaired) electrons. The number of nitrogens with zero attached hydrogens (tertiary/aromatic N) is 2. The van der Waals surface area contributed by atoms with E-state index in [1.165, 1.54) is 36.1 Å². The first-order chi connectivity index (χ1) is 15.5. The molecule has 33 heavy (non-hydrogen) atoms. The number of esters is 1. The third-order valence-corrected chi connectivity index (χ3v) is 5.93. The average Bonchev–Trinajstić information content (AvgIpc) is 3.22. The van der Waals surface area contributed by atoms with Crippen LogP contribution in [0.25, 0.3) is 16.9 Å². The largest absolute Gasteiger partial charge is 0.496 e. The van der Waals surface area contributed by atoms with Gasteiger partial charge in [0.2, 0.25) is 10.0 Å². The van der Waals surface area contributed by atoms with E-state index in [0.29, 0.717) is 22.7 Å². The van der Waals surface area contributed by atoms with Crippen LogP contribution in [0.4, 0.5) is 8.78 Å². The Labute approximate surface area is 190 Å². The van der Waals surface area contributed by atoms with Crippen molar-refractivity contribution in [2.75, 3.05) is 7.11 Å². The molecule has 2 aromatic carbocycles. The van der Waals surface area contributed by atoms with E-state index in [0.717, 1.165) is 5.56 Å². The van der Waals surface area contributed by atoms with Crippen molar-refractivity contribution in [1.29, 1.82) is 0 Å². The Bertz CT molecular complexity index is 1290. The van der Waals surface area contributed by atoms with Crippen LogP contribution in [0.2, 0.25) is 0 Å². The topological polar surface area (TPSA) is 114 Å². The SMILES string of the molecule is CCC(=O)OCc1cc(-n2nc(C(F)F)cc2-c2ccc(OC)c(C)c2)ccc1S(N)(=O)=O. The van der Waals surface area contributed by atoms with E-state index >= 15 is 0 Å². The molecule has 1 heterocycles. The van der Waals surface area contributed by atoms with Gasteiger partial charge in [0.05, 0.1) is 23.4 Å². The van der Waals surface area contributed by atoms with Crippen LogP contribution in [0.5, 0.6) is 5.75 Å². The minimum Gasteiger partial charge on any atom is -0.496 e. The number of alkyl halides is 2. The van der Waals surface area contributed by atoms with Gasteiger partial charge in [0.1, 0.15) is 18.1 Å². The molecule has 1 aromatic heterocycles. The number of rotatable bonds is 8. The molecule has 0 saturated carbocycles. The standard InChI is InChI=1S/C22H23F2N3O5S/c1-4-21(28)32-12-15-10-16(6-8-20(15)33(25,29)30)27-18(11-17(26-27)22(23)24)14-5-7-19(31-3)13(2)9-14/h5-11,22H,4,12H2,1-3H3,(H2,25,29,30). The molecule has 176 valence electrons. The highest BCUT2D eigenvalue weighted by atomic mass is 32.2. The molecule has 8 nitrogen and oxygen atoms in total. The van der Waals surface area contributed by atoms with Crippen molar-refractivity contribution < 1.29 is 31.5 Å². The van der Waals surface area contributed by atoms with Crippen LogP contribution in [-0.4, -0.2) is 31.3 Å². The quantitative estimate of drug-likeness (QED) is 0.491. The van der Waals surface area contributed by atoms with Crippen molar-refractivity contribution in [3.05, 3.63) is 59.3 Å². The molecule has 11 heteroatoms. The first kappa shape index (κ1) is 24.3. The molecule has 3 rings (SSSR count). The lowest BCUT2D eigenvalue weighted by Gasteiger charge is -2.14. The molecular formula is C22H23F2N3O5S. The molecule has 0 aliphatic carbocycles.